The molecule has 6 heteroatoms. The van der Waals surface area contributed by atoms with Crippen molar-refractivity contribution < 1.29 is 14.6 Å². The van der Waals surface area contributed by atoms with Crippen molar-refractivity contribution in [2.24, 2.45) is 0 Å². The highest BCUT2D eigenvalue weighted by molar-refractivity contribution is 6.30. The summed E-state index contributed by atoms with van der Waals surface area (Å²) in [6.45, 7) is 5.08. The van der Waals surface area contributed by atoms with Gasteiger partial charge in [0.2, 0.25) is 5.91 Å². The lowest BCUT2D eigenvalue weighted by Gasteiger charge is -2.26. The van der Waals surface area contributed by atoms with Crippen LogP contribution in [0.25, 0.3) is 0 Å². The van der Waals surface area contributed by atoms with E-state index in [4.69, 9.17) is 16.3 Å². The first-order valence-electron chi connectivity index (χ1n) is 9.73. The number of carbonyl (C=O) groups excluding carboxylic acids is 1. The fourth-order valence-electron chi connectivity index (χ4n) is 3.51. The van der Waals surface area contributed by atoms with Gasteiger partial charge in [-0.15, -0.1) is 0 Å². The van der Waals surface area contributed by atoms with Crippen molar-refractivity contribution in [2.75, 3.05) is 39.4 Å². The van der Waals surface area contributed by atoms with Crippen molar-refractivity contribution in [3.05, 3.63) is 64.7 Å². The summed E-state index contributed by atoms with van der Waals surface area (Å²) in [6.07, 6.45) is 1.17. The maximum absolute atomic E-state index is 12.6. The molecule has 1 aliphatic rings. The van der Waals surface area contributed by atoms with Crippen LogP contribution in [0.2, 0.25) is 5.02 Å². The Morgan fingerprint density at radius 1 is 1.18 bits per heavy atom. The van der Waals surface area contributed by atoms with Crippen LogP contribution in [-0.2, 0) is 9.53 Å². The third-order valence-corrected chi connectivity index (χ3v) is 5.27. The monoisotopic (exact) mass is 402 g/mol. The van der Waals surface area contributed by atoms with Crippen LogP contribution in [0, 0.1) is 0 Å². The quantitative estimate of drug-likeness (QED) is 0.664. The number of hydrogen-bond donors (Lipinski definition) is 2. The third-order valence-electron chi connectivity index (χ3n) is 5.03. The van der Waals surface area contributed by atoms with Crippen LogP contribution in [0.5, 0.6) is 5.75 Å². The van der Waals surface area contributed by atoms with Crippen LogP contribution in [0.3, 0.4) is 0 Å². The molecule has 1 heterocycles. The van der Waals surface area contributed by atoms with Crippen LogP contribution in [0.15, 0.2) is 48.5 Å². The fraction of sp³-hybridized carbons (Fsp3) is 0.409. The number of nitrogens with one attached hydrogen (secondary N) is 1. The predicted octanol–water partition coefficient (Wildman–Crippen LogP) is 3.41. The largest absolute Gasteiger partial charge is 0.508 e. The van der Waals surface area contributed by atoms with Crippen molar-refractivity contribution >= 4 is 17.5 Å². The van der Waals surface area contributed by atoms with E-state index in [1.54, 1.807) is 18.2 Å². The summed E-state index contributed by atoms with van der Waals surface area (Å²) < 4.78 is 5.35. The van der Waals surface area contributed by atoms with Gasteiger partial charge in [0.05, 0.1) is 13.2 Å². The fourth-order valence-corrected chi connectivity index (χ4v) is 3.69. The zero-order valence-corrected chi connectivity index (χ0v) is 16.7. The van der Waals surface area contributed by atoms with E-state index >= 15 is 0 Å². The first kappa shape index (κ1) is 20.6. The molecule has 0 radical (unpaired) electrons. The molecule has 1 aliphatic heterocycles. The highest BCUT2D eigenvalue weighted by Crippen LogP contribution is 2.35. The molecule has 3 rings (SSSR count). The third kappa shape index (κ3) is 5.96. The van der Waals surface area contributed by atoms with Crippen LogP contribution in [0.4, 0.5) is 0 Å². The molecular weight excluding hydrogens is 376 g/mol. The first-order valence-corrected chi connectivity index (χ1v) is 10.1. The Morgan fingerprint density at radius 3 is 2.68 bits per heavy atom. The molecule has 5 nitrogen and oxygen atoms in total. The molecule has 150 valence electrons. The number of halogens is 1. The average Bonchev–Trinajstić information content (AvgIpc) is 2.73. The van der Waals surface area contributed by atoms with Crippen LogP contribution >= 0.6 is 11.6 Å². The summed E-state index contributed by atoms with van der Waals surface area (Å²) >= 11 is 6.14. The average molecular weight is 403 g/mol. The van der Waals surface area contributed by atoms with Gasteiger partial charge < -0.3 is 15.2 Å². The highest BCUT2D eigenvalue weighted by atomic mass is 35.5. The Morgan fingerprint density at radius 2 is 1.93 bits per heavy atom. The molecule has 0 saturated carbocycles. The molecule has 28 heavy (non-hydrogen) atoms. The number of carbonyl (C=O) groups is 1. The second kappa shape index (κ2) is 10.5. The topological polar surface area (TPSA) is 61.8 Å². The summed E-state index contributed by atoms with van der Waals surface area (Å²) in [6, 6.07) is 14.7. The van der Waals surface area contributed by atoms with Gasteiger partial charge in [-0.3, -0.25) is 9.69 Å². The van der Waals surface area contributed by atoms with Gasteiger partial charge in [0.1, 0.15) is 5.75 Å². The molecule has 1 saturated heterocycles. The maximum atomic E-state index is 12.6. The van der Waals surface area contributed by atoms with E-state index in [0.29, 0.717) is 17.1 Å². The van der Waals surface area contributed by atoms with Crippen molar-refractivity contribution in [1.82, 2.24) is 10.2 Å². The molecule has 0 bridgehead atoms. The number of morpholine rings is 1. The van der Waals surface area contributed by atoms with Crippen molar-refractivity contribution in [2.45, 2.75) is 18.8 Å². The number of aromatic hydroxyl groups is 1. The lowest BCUT2D eigenvalue weighted by molar-refractivity contribution is -0.121. The van der Waals surface area contributed by atoms with Gasteiger partial charge in [0.15, 0.2) is 0 Å². The summed E-state index contributed by atoms with van der Waals surface area (Å²) in [5, 5.41) is 13.9. The second-order valence-electron chi connectivity index (χ2n) is 7.03. The Balaban J connectivity index is 1.59. The Bertz CT molecular complexity index is 764. The minimum Gasteiger partial charge on any atom is -0.508 e. The number of nitrogens with zero attached hydrogens (tertiary/aromatic N) is 1. The lowest BCUT2D eigenvalue weighted by Crippen LogP contribution is -2.38. The van der Waals surface area contributed by atoms with E-state index in [1.807, 2.05) is 30.3 Å². The number of hydrogen-bond acceptors (Lipinski definition) is 4. The van der Waals surface area contributed by atoms with E-state index in [-0.39, 0.29) is 24.0 Å². The molecule has 2 aromatic carbocycles. The summed E-state index contributed by atoms with van der Waals surface area (Å²) in [5.41, 5.74) is 1.64. The van der Waals surface area contributed by atoms with Gasteiger partial charge in [0.25, 0.3) is 0 Å². The zero-order valence-electron chi connectivity index (χ0n) is 15.9. The number of ether oxygens (including phenoxy) is 1. The van der Waals surface area contributed by atoms with Crippen LogP contribution in [0.1, 0.15) is 29.9 Å². The summed E-state index contributed by atoms with van der Waals surface area (Å²) in [4.78, 5) is 14.9. The van der Waals surface area contributed by atoms with Gasteiger partial charge in [-0.25, -0.2) is 0 Å². The maximum Gasteiger partial charge on any atom is 0.220 e. The van der Waals surface area contributed by atoms with Crippen LogP contribution < -0.4 is 5.32 Å². The second-order valence-corrected chi connectivity index (χ2v) is 7.46. The Kier molecular flexibility index (Phi) is 7.71. The Labute approximate surface area is 171 Å². The molecule has 0 aliphatic carbocycles. The predicted molar refractivity (Wildman–Crippen MR) is 111 cm³/mol. The standard InChI is InChI=1S/C22H27ClN2O3/c23-18-7-8-21(26)20(15-18)19(17-5-2-1-3-6-17)16-22(27)24-9-4-10-25-11-13-28-14-12-25/h1-3,5-8,15,19,26H,4,9-14,16H2,(H,24,27). The van der Waals surface area contributed by atoms with E-state index in [9.17, 15) is 9.90 Å². The number of rotatable bonds is 8. The summed E-state index contributed by atoms with van der Waals surface area (Å²) in [7, 11) is 0. The van der Waals surface area contributed by atoms with Crippen LogP contribution in [-0.4, -0.2) is 55.3 Å². The molecule has 2 N–H and O–H groups in total. The number of phenolic OH excluding ortho intramolecular Hbond substituents is 1. The highest BCUT2D eigenvalue weighted by Gasteiger charge is 2.21. The zero-order chi connectivity index (χ0) is 19.8. The molecule has 2 aromatic rings. The lowest BCUT2D eigenvalue weighted by atomic mass is 9.87. The molecule has 0 spiro atoms. The molecular formula is C22H27ClN2O3. The van der Waals surface area contributed by atoms with Gasteiger partial charge in [-0.2, -0.15) is 0 Å². The molecule has 1 unspecified atom stereocenters. The molecule has 0 aromatic heterocycles. The molecule has 1 amide bonds. The number of benzene rings is 2. The summed E-state index contributed by atoms with van der Waals surface area (Å²) in [5.74, 6) is -0.132. The number of amides is 1. The molecule has 1 atom stereocenters. The van der Waals surface area contributed by atoms with Gasteiger partial charge in [-0.1, -0.05) is 41.9 Å². The Hall–Kier alpha value is -2.08. The SMILES string of the molecule is O=C(CC(c1ccccc1)c1cc(Cl)ccc1O)NCCCN1CCOCC1. The van der Waals surface area contributed by atoms with E-state index < -0.39 is 0 Å². The molecule has 1 fully saturated rings. The van der Waals surface area contributed by atoms with Gasteiger partial charge >= 0.3 is 0 Å². The van der Waals surface area contributed by atoms with Crippen molar-refractivity contribution in [3.8, 4) is 5.75 Å². The first-order chi connectivity index (χ1) is 13.6. The van der Waals surface area contributed by atoms with E-state index in [1.165, 1.54) is 0 Å². The van der Waals surface area contributed by atoms with E-state index in [2.05, 4.69) is 10.2 Å². The van der Waals surface area contributed by atoms with E-state index in [0.717, 1.165) is 44.8 Å². The minimum atomic E-state index is -0.251. The smallest absolute Gasteiger partial charge is 0.220 e. The normalized spacial score (nSPS) is 15.9. The number of phenols is 1. The van der Waals surface area contributed by atoms with Gasteiger partial charge in [0, 0.05) is 42.6 Å². The minimum absolute atomic E-state index is 0.0322. The van der Waals surface area contributed by atoms with Crippen molar-refractivity contribution in [1.29, 1.82) is 0 Å². The van der Waals surface area contributed by atoms with Gasteiger partial charge in [-0.05, 0) is 36.7 Å². The van der Waals surface area contributed by atoms with Crippen molar-refractivity contribution in [3.63, 3.8) is 0 Å².